The van der Waals surface area contributed by atoms with Gasteiger partial charge < -0.3 is 14.6 Å². The van der Waals surface area contributed by atoms with Crippen molar-refractivity contribution in [2.45, 2.75) is 19.3 Å². The standard InChI is InChI=1S/C13H16O4/c1-16-11-6-5-8-3-4-9(13(14)15)7-10(8)12(11)17-2/h5-6,9H,3-4,7H2,1-2H3,(H,14,15). The Morgan fingerprint density at radius 1 is 1.35 bits per heavy atom. The first kappa shape index (κ1) is 11.8. The second kappa shape index (κ2) is 4.65. The highest BCUT2D eigenvalue weighted by Gasteiger charge is 2.27. The molecule has 1 unspecified atom stereocenters. The van der Waals surface area contributed by atoms with Gasteiger partial charge in [-0.3, -0.25) is 4.79 Å². The van der Waals surface area contributed by atoms with E-state index in [1.54, 1.807) is 14.2 Å². The number of ether oxygens (including phenoxy) is 2. The Labute approximate surface area is 100 Å². The average Bonchev–Trinajstić information content (AvgIpc) is 2.36. The van der Waals surface area contributed by atoms with E-state index in [1.807, 2.05) is 12.1 Å². The number of rotatable bonds is 3. The van der Waals surface area contributed by atoms with Crippen LogP contribution in [0.3, 0.4) is 0 Å². The molecule has 0 spiro atoms. The van der Waals surface area contributed by atoms with Gasteiger partial charge in [0.05, 0.1) is 20.1 Å². The summed E-state index contributed by atoms with van der Waals surface area (Å²) < 4.78 is 10.6. The molecule has 1 N–H and O–H groups in total. The molecule has 1 aromatic rings. The van der Waals surface area contributed by atoms with E-state index in [2.05, 4.69) is 0 Å². The topological polar surface area (TPSA) is 55.8 Å². The molecule has 1 atom stereocenters. The Kier molecular flexibility index (Phi) is 3.22. The van der Waals surface area contributed by atoms with Crippen molar-refractivity contribution >= 4 is 5.97 Å². The predicted octanol–water partition coefficient (Wildman–Crippen LogP) is 1.89. The molecular formula is C13H16O4. The average molecular weight is 236 g/mol. The summed E-state index contributed by atoms with van der Waals surface area (Å²) in [6.07, 6.45) is 2.00. The Bertz CT molecular complexity index is 439. The Morgan fingerprint density at radius 2 is 2.12 bits per heavy atom. The van der Waals surface area contributed by atoms with Gasteiger partial charge in [0.1, 0.15) is 0 Å². The molecule has 0 amide bonds. The normalized spacial score (nSPS) is 18.4. The van der Waals surface area contributed by atoms with E-state index >= 15 is 0 Å². The minimum atomic E-state index is -0.736. The van der Waals surface area contributed by atoms with Gasteiger partial charge >= 0.3 is 5.97 Å². The van der Waals surface area contributed by atoms with Crippen LogP contribution in [0, 0.1) is 5.92 Å². The lowest BCUT2D eigenvalue weighted by Crippen LogP contribution is -2.22. The summed E-state index contributed by atoms with van der Waals surface area (Å²) in [6, 6.07) is 3.87. The van der Waals surface area contributed by atoms with Crippen LogP contribution in [0.4, 0.5) is 0 Å². The van der Waals surface area contributed by atoms with Crippen molar-refractivity contribution in [1.29, 1.82) is 0 Å². The number of hydrogen-bond acceptors (Lipinski definition) is 3. The van der Waals surface area contributed by atoms with Gasteiger partial charge in [-0.15, -0.1) is 0 Å². The molecule has 0 heterocycles. The number of aliphatic carboxylic acids is 1. The highest BCUT2D eigenvalue weighted by atomic mass is 16.5. The lowest BCUT2D eigenvalue weighted by molar-refractivity contribution is -0.142. The first-order valence-corrected chi connectivity index (χ1v) is 5.63. The van der Waals surface area contributed by atoms with Crippen LogP contribution in [0.2, 0.25) is 0 Å². The smallest absolute Gasteiger partial charge is 0.306 e. The second-order valence-electron chi connectivity index (χ2n) is 4.22. The fraction of sp³-hybridized carbons (Fsp3) is 0.462. The summed E-state index contributed by atoms with van der Waals surface area (Å²) in [4.78, 5) is 11.0. The molecule has 0 saturated heterocycles. The molecule has 2 rings (SSSR count). The third-order valence-electron chi connectivity index (χ3n) is 3.31. The maximum atomic E-state index is 11.0. The zero-order valence-corrected chi connectivity index (χ0v) is 10.0. The van der Waals surface area contributed by atoms with Gasteiger partial charge in [0, 0.05) is 5.56 Å². The molecule has 4 nitrogen and oxygen atoms in total. The molecular weight excluding hydrogens is 220 g/mol. The van der Waals surface area contributed by atoms with Crippen molar-refractivity contribution in [2.75, 3.05) is 14.2 Å². The highest BCUT2D eigenvalue weighted by Crippen LogP contribution is 2.38. The molecule has 17 heavy (non-hydrogen) atoms. The number of hydrogen-bond donors (Lipinski definition) is 1. The first-order valence-electron chi connectivity index (χ1n) is 5.63. The van der Waals surface area contributed by atoms with Crippen LogP contribution in [-0.2, 0) is 17.6 Å². The van der Waals surface area contributed by atoms with Gasteiger partial charge in [-0.1, -0.05) is 6.07 Å². The largest absolute Gasteiger partial charge is 0.493 e. The van der Waals surface area contributed by atoms with Crippen LogP contribution in [0.25, 0.3) is 0 Å². The highest BCUT2D eigenvalue weighted by molar-refractivity contribution is 5.71. The Morgan fingerprint density at radius 3 is 2.71 bits per heavy atom. The molecule has 92 valence electrons. The van der Waals surface area contributed by atoms with Crippen LogP contribution < -0.4 is 9.47 Å². The predicted molar refractivity (Wildman–Crippen MR) is 62.7 cm³/mol. The molecule has 0 saturated carbocycles. The van der Waals surface area contributed by atoms with E-state index in [4.69, 9.17) is 14.6 Å². The lowest BCUT2D eigenvalue weighted by atomic mass is 9.83. The van der Waals surface area contributed by atoms with E-state index in [9.17, 15) is 4.79 Å². The van der Waals surface area contributed by atoms with E-state index in [1.165, 1.54) is 5.56 Å². The number of benzene rings is 1. The van der Waals surface area contributed by atoms with Crippen molar-refractivity contribution in [2.24, 2.45) is 5.92 Å². The third kappa shape index (κ3) is 2.07. The summed E-state index contributed by atoms with van der Waals surface area (Å²) >= 11 is 0. The monoisotopic (exact) mass is 236 g/mol. The molecule has 0 radical (unpaired) electrons. The first-order chi connectivity index (χ1) is 8.17. The summed E-state index contributed by atoms with van der Waals surface area (Å²) in [7, 11) is 3.17. The maximum absolute atomic E-state index is 11.0. The number of carboxylic acid groups (broad SMARTS) is 1. The van der Waals surface area contributed by atoms with Crippen LogP contribution in [0.5, 0.6) is 11.5 Å². The van der Waals surface area contributed by atoms with E-state index in [0.717, 1.165) is 12.0 Å². The quantitative estimate of drug-likeness (QED) is 0.870. The molecule has 1 aromatic carbocycles. The van der Waals surface area contributed by atoms with Crippen molar-refractivity contribution in [1.82, 2.24) is 0 Å². The number of methoxy groups -OCH3 is 2. The van der Waals surface area contributed by atoms with Gasteiger partial charge in [0.2, 0.25) is 0 Å². The van der Waals surface area contributed by atoms with Crippen molar-refractivity contribution in [3.63, 3.8) is 0 Å². The molecule has 4 heteroatoms. The number of fused-ring (bicyclic) bond motifs is 1. The molecule has 1 aliphatic carbocycles. The lowest BCUT2D eigenvalue weighted by Gasteiger charge is -2.24. The van der Waals surface area contributed by atoms with Crippen LogP contribution in [-0.4, -0.2) is 25.3 Å². The minimum absolute atomic E-state index is 0.316. The molecule has 0 aliphatic heterocycles. The summed E-state index contributed by atoms with van der Waals surface area (Å²) in [5, 5.41) is 9.08. The van der Waals surface area contributed by atoms with Crippen molar-refractivity contribution < 1.29 is 19.4 Å². The van der Waals surface area contributed by atoms with Crippen molar-refractivity contribution in [3.05, 3.63) is 23.3 Å². The fourth-order valence-electron chi connectivity index (χ4n) is 2.38. The van der Waals surface area contributed by atoms with E-state index in [0.29, 0.717) is 24.3 Å². The molecule has 1 aliphatic rings. The number of carbonyl (C=O) groups is 1. The molecule has 0 fully saturated rings. The minimum Gasteiger partial charge on any atom is -0.493 e. The van der Waals surface area contributed by atoms with E-state index < -0.39 is 5.97 Å². The number of aryl methyl sites for hydroxylation is 1. The van der Waals surface area contributed by atoms with Crippen LogP contribution >= 0.6 is 0 Å². The van der Waals surface area contributed by atoms with Gasteiger partial charge in [0.25, 0.3) is 0 Å². The summed E-state index contributed by atoms with van der Waals surface area (Å²) in [5.41, 5.74) is 2.14. The zero-order chi connectivity index (χ0) is 12.4. The maximum Gasteiger partial charge on any atom is 0.306 e. The summed E-state index contributed by atoms with van der Waals surface area (Å²) in [5.74, 6) is 0.289. The molecule has 0 aromatic heterocycles. The van der Waals surface area contributed by atoms with E-state index in [-0.39, 0.29) is 5.92 Å². The van der Waals surface area contributed by atoms with Crippen LogP contribution in [0.15, 0.2) is 12.1 Å². The zero-order valence-electron chi connectivity index (χ0n) is 10.0. The second-order valence-corrected chi connectivity index (χ2v) is 4.22. The van der Waals surface area contributed by atoms with Gasteiger partial charge in [-0.25, -0.2) is 0 Å². The number of carboxylic acids is 1. The van der Waals surface area contributed by atoms with Crippen LogP contribution in [0.1, 0.15) is 17.5 Å². The van der Waals surface area contributed by atoms with Gasteiger partial charge in [-0.05, 0) is 30.9 Å². The Hall–Kier alpha value is -1.71. The molecule has 0 bridgehead atoms. The third-order valence-corrected chi connectivity index (χ3v) is 3.31. The van der Waals surface area contributed by atoms with Gasteiger partial charge in [-0.2, -0.15) is 0 Å². The van der Waals surface area contributed by atoms with Crippen molar-refractivity contribution in [3.8, 4) is 11.5 Å². The Balaban J connectivity index is 2.42. The summed E-state index contributed by atoms with van der Waals surface area (Å²) in [6.45, 7) is 0. The van der Waals surface area contributed by atoms with Gasteiger partial charge in [0.15, 0.2) is 11.5 Å². The fourth-order valence-corrected chi connectivity index (χ4v) is 2.38. The SMILES string of the molecule is COc1ccc2c(c1OC)CC(C(=O)O)CC2.